The van der Waals surface area contributed by atoms with Crippen LogP contribution in [0.5, 0.6) is 0 Å². The van der Waals surface area contributed by atoms with Gasteiger partial charge in [-0.1, -0.05) is 13.8 Å². The first-order chi connectivity index (χ1) is 14.5. The second-order valence-corrected chi connectivity index (χ2v) is 7.35. The molecule has 3 aromatic heterocycles. The summed E-state index contributed by atoms with van der Waals surface area (Å²) in [7, 11) is 0. The summed E-state index contributed by atoms with van der Waals surface area (Å²) in [6.45, 7) is 2.04. The first-order valence-electron chi connectivity index (χ1n) is 9.38. The monoisotopic (exact) mass is 434 g/mol. The van der Waals surface area contributed by atoms with E-state index in [-0.39, 0.29) is 11.5 Å². The molecule has 0 radical (unpaired) electrons. The van der Waals surface area contributed by atoms with Gasteiger partial charge in [0.15, 0.2) is 0 Å². The number of nitrogens with two attached hydrogens (primary N) is 1. The summed E-state index contributed by atoms with van der Waals surface area (Å²) in [5.41, 5.74) is 7.92. The highest BCUT2D eigenvalue weighted by molar-refractivity contribution is 6.00. The van der Waals surface area contributed by atoms with Crippen molar-refractivity contribution in [3.05, 3.63) is 42.5 Å². The maximum absolute atomic E-state index is 12.4. The van der Waals surface area contributed by atoms with Gasteiger partial charge in [-0.05, 0) is 18.1 Å². The number of anilines is 1. The predicted octanol–water partition coefficient (Wildman–Crippen LogP) is 2.84. The second kappa shape index (κ2) is 8.62. The van der Waals surface area contributed by atoms with E-state index >= 15 is 0 Å². The van der Waals surface area contributed by atoms with Crippen molar-refractivity contribution in [1.29, 1.82) is 0 Å². The van der Waals surface area contributed by atoms with E-state index in [0.717, 1.165) is 0 Å². The number of alkyl halides is 3. The number of hydrogen-bond donors (Lipinski definition) is 4. The normalized spacial score (nSPS) is 12.7. The van der Waals surface area contributed by atoms with Crippen molar-refractivity contribution in [2.45, 2.75) is 26.1 Å². The average Bonchev–Trinajstić information content (AvgIpc) is 3.13. The summed E-state index contributed by atoms with van der Waals surface area (Å²) >= 11 is 0. The lowest BCUT2D eigenvalue weighted by molar-refractivity contribution is -0.139. The van der Waals surface area contributed by atoms with Crippen molar-refractivity contribution >= 4 is 28.5 Å². The smallest absolute Gasteiger partial charge is 0.372 e. The topological polar surface area (TPSA) is 126 Å². The second-order valence-electron chi connectivity index (χ2n) is 7.35. The summed E-state index contributed by atoms with van der Waals surface area (Å²) in [6, 6.07) is 2.42. The van der Waals surface area contributed by atoms with Gasteiger partial charge in [0, 0.05) is 41.3 Å². The summed E-state index contributed by atoms with van der Waals surface area (Å²) < 4.78 is 37.3. The Bertz CT molecular complexity index is 1110. The minimum atomic E-state index is -4.49. The van der Waals surface area contributed by atoms with Crippen molar-refractivity contribution in [3.63, 3.8) is 0 Å². The Balaban J connectivity index is 1.87. The van der Waals surface area contributed by atoms with Gasteiger partial charge in [-0.2, -0.15) is 13.2 Å². The van der Waals surface area contributed by atoms with Gasteiger partial charge in [0.1, 0.15) is 18.2 Å². The van der Waals surface area contributed by atoms with E-state index in [1.54, 1.807) is 38.4 Å². The zero-order valence-corrected chi connectivity index (χ0v) is 16.7. The molecule has 0 aliphatic carbocycles. The van der Waals surface area contributed by atoms with E-state index in [9.17, 15) is 22.8 Å². The molecule has 0 aliphatic heterocycles. The third-order valence-electron chi connectivity index (χ3n) is 4.60. The molecule has 3 rings (SSSR count). The lowest BCUT2D eigenvalue weighted by Crippen LogP contribution is -2.46. The SMILES string of the molecule is CC(C)C(Nc1cncc(-c2c[nH]c3ncc(C(N)=O)cc23)c1)C(=O)NCC(F)(F)F. The molecule has 0 fully saturated rings. The van der Waals surface area contributed by atoms with E-state index in [1.807, 2.05) is 5.32 Å². The highest BCUT2D eigenvalue weighted by Gasteiger charge is 2.30. The van der Waals surface area contributed by atoms with Gasteiger partial charge in [0.25, 0.3) is 0 Å². The van der Waals surface area contributed by atoms with E-state index in [1.165, 1.54) is 12.4 Å². The van der Waals surface area contributed by atoms with E-state index in [4.69, 9.17) is 5.73 Å². The fourth-order valence-electron chi connectivity index (χ4n) is 3.05. The molecule has 0 bridgehead atoms. The maximum Gasteiger partial charge on any atom is 0.405 e. The Morgan fingerprint density at radius 2 is 1.94 bits per heavy atom. The molecule has 0 saturated heterocycles. The number of hydrogen-bond acceptors (Lipinski definition) is 5. The van der Waals surface area contributed by atoms with Crippen LogP contribution in [0, 0.1) is 5.92 Å². The van der Waals surface area contributed by atoms with Crippen LogP contribution in [-0.2, 0) is 4.79 Å². The largest absolute Gasteiger partial charge is 0.405 e. The van der Waals surface area contributed by atoms with Gasteiger partial charge in [0.05, 0.1) is 11.3 Å². The fraction of sp³-hybridized carbons (Fsp3) is 0.300. The Morgan fingerprint density at radius 1 is 1.19 bits per heavy atom. The summed E-state index contributed by atoms with van der Waals surface area (Å²) in [5.74, 6) is -1.66. The van der Waals surface area contributed by atoms with E-state index < -0.39 is 30.6 Å². The molecule has 0 aromatic carbocycles. The Labute approximate surface area is 175 Å². The van der Waals surface area contributed by atoms with Crippen LogP contribution in [0.2, 0.25) is 0 Å². The summed E-state index contributed by atoms with van der Waals surface area (Å²) in [6.07, 6.45) is 1.62. The third-order valence-corrected chi connectivity index (χ3v) is 4.60. The molecule has 0 aliphatic rings. The number of fused-ring (bicyclic) bond motifs is 1. The van der Waals surface area contributed by atoms with E-state index in [2.05, 4.69) is 20.3 Å². The predicted molar refractivity (Wildman–Crippen MR) is 109 cm³/mol. The fourth-order valence-corrected chi connectivity index (χ4v) is 3.05. The van der Waals surface area contributed by atoms with Crippen LogP contribution in [0.4, 0.5) is 18.9 Å². The van der Waals surface area contributed by atoms with Crippen molar-refractivity contribution in [1.82, 2.24) is 20.3 Å². The van der Waals surface area contributed by atoms with Gasteiger partial charge in [0.2, 0.25) is 11.8 Å². The quantitative estimate of drug-likeness (QED) is 0.455. The van der Waals surface area contributed by atoms with Crippen LogP contribution in [0.15, 0.2) is 36.9 Å². The maximum atomic E-state index is 12.4. The lowest BCUT2D eigenvalue weighted by atomic mass is 10.0. The molecule has 2 amide bonds. The Hall–Kier alpha value is -3.63. The molecule has 31 heavy (non-hydrogen) atoms. The van der Waals surface area contributed by atoms with Gasteiger partial charge >= 0.3 is 6.18 Å². The molecule has 0 saturated carbocycles. The molecule has 8 nitrogen and oxygen atoms in total. The number of aromatic nitrogens is 3. The minimum Gasteiger partial charge on any atom is -0.372 e. The number of nitrogens with one attached hydrogen (secondary N) is 3. The van der Waals surface area contributed by atoms with Gasteiger partial charge < -0.3 is 21.4 Å². The van der Waals surface area contributed by atoms with E-state index in [0.29, 0.717) is 27.8 Å². The molecular formula is C20H21F3N6O2. The number of primary amides is 1. The number of amides is 2. The van der Waals surface area contributed by atoms with Crippen LogP contribution >= 0.6 is 0 Å². The first-order valence-corrected chi connectivity index (χ1v) is 9.38. The summed E-state index contributed by atoms with van der Waals surface area (Å²) in [4.78, 5) is 35.1. The summed E-state index contributed by atoms with van der Waals surface area (Å²) in [5, 5.41) is 5.51. The molecule has 1 atom stereocenters. The average molecular weight is 434 g/mol. The van der Waals surface area contributed by atoms with Crippen molar-refractivity contribution in [2.75, 3.05) is 11.9 Å². The van der Waals surface area contributed by atoms with Gasteiger partial charge in [-0.25, -0.2) is 4.98 Å². The van der Waals surface area contributed by atoms with Gasteiger partial charge in [-0.15, -0.1) is 0 Å². The number of carbonyl (C=O) groups excluding carboxylic acids is 2. The van der Waals surface area contributed by atoms with Crippen LogP contribution < -0.4 is 16.4 Å². The van der Waals surface area contributed by atoms with Crippen LogP contribution in [0.25, 0.3) is 22.2 Å². The Morgan fingerprint density at radius 3 is 2.58 bits per heavy atom. The zero-order valence-electron chi connectivity index (χ0n) is 16.7. The molecule has 5 N–H and O–H groups in total. The molecule has 3 aromatic rings. The third kappa shape index (κ3) is 5.30. The first kappa shape index (κ1) is 22.1. The standard InChI is InChI=1S/C20H21F3N6O2/c1-10(2)16(19(31)28-9-20(21,22)23)29-13-3-11(5-25-7-13)15-8-27-18-14(15)4-12(6-26-18)17(24)30/h3-8,10,16,29H,9H2,1-2H3,(H2,24,30)(H,26,27)(H,28,31). The highest BCUT2D eigenvalue weighted by Crippen LogP contribution is 2.29. The van der Waals surface area contributed by atoms with Crippen LogP contribution in [0.1, 0.15) is 24.2 Å². The number of carbonyl (C=O) groups is 2. The molecule has 1 unspecified atom stereocenters. The molecule has 3 heterocycles. The van der Waals surface area contributed by atoms with Crippen LogP contribution in [-0.4, -0.2) is 45.5 Å². The molecule has 11 heteroatoms. The molecule has 164 valence electrons. The lowest BCUT2D eigenvalue weighted by Gasteiger charge is -2.23. The number of pyridine rings is 2. The molecular weight excluding hydrogens is 413 g/mol. The number of aromatic amines is 1. The van der Waals surface area contributed by atoms with Crippen molar-refractivity contribution in [2.24, 2.45) is 11.7 Å². The highest BCUT2D eigenvalue weighted by atomic mass is 19.4. The number of rotatable bonds is 7. The Kier molecular flexibility index (Phi) is 6.14. The minimum absolute atomic E-state index is 0.247. The number of halogens is 3. The number of H-pyrrole nitrogens is 1. The number of nitrogens with zero attached hydrogens (tertiary/aromatic N) is 2. The molecule has 0 spiro atoms. The van der Waals surface area contributed by atoms with Crippen molar-refractivity contribution < 1.29 is 22.8 Å². The zero-order chi connectivity index (χ0) is 22.8. The van der Waals surface area contributed by atoms with Crippen molar-refractivity contribution in [3.8, 4) is 11.1 Å². The van der Waals surface area contributed by atoms with Gasteiger partial charge in [-0.3, -0.25) is 14.6 Å². The van der Waals surface area contributed by atoms with Crippen LogP contribution in [0.3, 0.4) is 0 Å².